The van der Waals surface area contributed by atoms with Crippen molar-refractivity contribution in [2.24, 2.45) is 0 Å². The largest absolute Gasteiger partial charge is 0.497 e. The molecule has 0 fully saturated rings. The Balaban J connectivity index is 1.50. The Kier molecular flexibility index (Phi) is 5.22. The highest BCUT2D eigenvalue weighted by Crippen LogP contribution is 2.37. The van der Waals surface area contributed by atoms with E-state index in [1.54, 1.807) is 37.4 Å². The molecule has 3 aromatic carbocycles. The second-order valence-corrected chi connectivity index (χ2v) is 7.85. The number of rotatable bonds is 6. The summed E-state index contributed by atoms with van der Waals surface area (Å²) in [6.45, 7) is 2.29. The van der Waals surface area contributed by atoms with Gasteiger partial charge in [0.25, 0.3) is 11.8 Å². The van der Waals surface area contributed by atoms with Crippen molar-refractivity contribution in [2.75, 3.05) is 19.2 Å². The fraction of sp³-hybridized carbons (Fsp3) is 0.154. The number of hydrogen-bond donors (Lipinski definition) is 1. The molecule has 5 rings (SSSR count). The number of nitrogens with one attached hydrogen (secondary N) is 1. The van der Waals surface area contributed by atoms with E-state index in [0.29, 0.717) is 34.1 Å². The average molecular weight is 442 g/mol. The Morgan fingerprint density at radius 1 is 0.909 bits per heavy atom. The van der Waals surface area contributed by atoms with Crippen LogP contribution in [0.4, 0.5) is 5.69 Å². The predicted octanol–water partition coefficient (Wildman–Crippen LogP) is 4.12. The van der Waals surface area contributed by atoms with Crippen LogP contribution < -0.4 is 19.5 Å². The maximum absolute atomic E-state index is 13.5. The minimum atomic E-state index is -0.385. The quantitative estimate of drug-likeness (QED) is 0.579. The van der Waals surface area contributed by atoms with Crippen LogP contribution >= 0.6 is 0 Å². The van der Waals surface area contributed by atoms with Crippen molar-refractivity contribution in [3.05, 3.63) is 89.1 Å². The lowest BCUT2D eigenvalue weighted by Crippen LogP contribution is -2.32. The van der Waals surface area contributed by atoms with Gasteiger partial charge in [-0.05, 0) is 42.3 Å². The highest BCUT2D eigenvalue weighted by molar-refractivity contribution is 6.36. The summed E-state index contributed by atoms with van der Waals surface area (Å²) < 4.78 is 16.0. The van der Waals surface area contributed by atoms with Crippen LogP contribution in [0.15, 0.2) is 72.4 Å². The summed E-state index contributed by atoms with van der Waals surface area (Å²) in [5, 5.41) is 3.16. The predicted molar refractivity (Wildman–Crippen MR) is 123 cm³/mol. The Hall–Kier alpha value is -4.26. The molecule has 0 saturated heterocycles. The molecule has 0 radical (unpaired) electrons. The molecule has 33 heavy (non-hydrogen) atoms. The second kappa shape index (κ2) is 8.35. The van der Waals surface area contributed by atoms with E-state index >= 15 is 0 Å². The smallest absolute Gasteiger partial charge is 0.278 e. The van der Waals surface area contributed by atoms with Gasteiger partial charge in [-0.1, -0.05) is 42.0 Å². The molecule has 0 unspecified atom stereocenters. The first kappa shape index (κ1) is 20.6. The van der Waals surface area contributed by atoms with Gasteiger partial charge in [0.2, 0.25) is 6.79 Å². The minimum absolute atomic E-state index is 0.156. The Bertz CT molecular complexity index is 1260. The number of carbonyl (C=O) groups is 2. The average Bonchev–Trinajstić information content (AvgIpc) is 3.39. The van der Waals surface area contributed by atoms with E-state index < -0.39 is 0 Å². The van der Waals surface area contributed by atoms with Crippen molar-refractivity contribution < 1.29 is 23.8 Å². The molecule has 1 N–H and O–H groups in total. The Morgan fingerprint density at radius 3 is 2.36 bits per heavy atom. The normalized spacial score (nSPS) is 14.8. The van der Waals surface area contributed by atoms with Crippen LogP contribution in [0.3, 0.4) is 0 Å². The van der Waals surface area contributed by atoms with Gasteiger partial charge in [0.15, 0.2) is 11.5 Å². The number of fused-ring (bicyclic) bond motifs is 1. The molecule has 166 valence electrons. The van der Waals surface area contributed by atoms with Gasteiger partial charge in [-0.2, -0.15) is 0 Å². The third-order valence-corrected chi connectivity index (χ3v) is 5.65. The first-order valence-corrected chi connectivity index (χ1v) is 10.5. The summed E-state index contributed by atoms with van der Waals surface area (Å²) in [5.41, 5.74) is 3.77. The van der Waals surface area contributed by atoms with Crippen LogP contribution in [0.2, 0.25) is 0 Å². The number of aryl methyl sites for hydroxylation is 1. The number of ether oxygens (including phenoxy) is 3. The van der Waals surface area contributed by atoms with E-state index in [-0.39, 0.29) is 30.8 Å². The van der Waals surface area contributed by atoms with Gasteiger partial charge >= 0.3 is 0 Å². The number of hydrogen-bond acceptors (Lipinski definition) is 6. The molecule has 2 aliphatic rings. The Labute approximate surface area is 191 Å². The molecule has 0 atom stereocenters. The van der Waals surface area contributed by atoms with Crippen molar-refractivity contribution in [1.29, 1.82) is 0 Å². The summed E-state index contributed by atoms with van der Waals surface area (Å²) in [6.07, 6.45) is 0. The third-order valence-electron chi connectivity index (χ3n) is 5.65. The van der Waals surface area contributed by atoms with Crippen LogP contribution in [0.1, 0.15) is 16.7 Å². The van der Waals surface area contributed by atoms with Gasteiger partial charge in [-0.15, -0.1) is 0 Å². The number of benzene rings is 3. The van der Waals surface area contributed by atoms with Crippen LogP contribution in [0, 0.1) is 6.92 Å². The van der Waals surface area contributed by atoms with Crippen molar-refractivity contribution in [2.45, 2.75) is 13.5 Å². The highest BCUT2D eigenvalue weighted by Gasteiger charge is 2.39. The fourth-order valence-electron chi connectivity index (χ4n) is 3.86. The molecule has 0 bridgehead atoms. The monoisotopic (exact) mass is 442 g/mol. The van der Waals surface area contributed by atoms with Gasteiger partial charge in [-0.25, -0.2) is 0 Å². The number of anilines is 1. The van der Waals surface area contributed by atoms with Gasteiger partial charge < -0.3 is 19.5 Å². The van der Waals surface area contributed by atoms with Crippen LogP contribution in [-0.2, 0) is 16.1 Å². The van der Waals surface area contributed by atoms with Crippen LogP contribution in [-0.4, -0.2) is 30.6 Å². The van der Waals surface area contributed by atoms with E-state index in [4.69, 9.17) is 14.2 Å². The molecular formula is C26H22N2O5. The first-order chi connectivity index (χ1) is 16.0. The maximum Gasteiger partial charge on any atom is 0.278 e. The zero-order valence-corrected chi connectivity index (χ0v) is 18.3. The molecule has 2 amide bonds. The van der Waals surface area contributed by atoms with Gasteiger partial charge in [0, 0.05) is 11.8 Å². The lowest BCUT2D eigenvalue weighted by atomic mass is 10.0. The van der Waals surface area contributed by atoms with Gasteiger partial charge in [-0.3, -0.25) is 14.5 Å². The molecule has 0 aliphatic carbocycles. The molecule has 7 nitrogen and oxygen atoms in total. The number of imide groups is 1. The van der Waals surface area contributed by atoms with Gasteiger partial charge in [0.05, 0.1) is 19.2 Å². The molecular weight excluding hydrogens is 420 g/mol. The zero-order chi connectivity index (χ0) is 22.9. The summed E-state index contributed by atoms with van der Waals surface area (Å²) in [5.74, 6) is 1.21. The Morgan fingerprint density at radius 2 is 1.64 bits per heavy atom. The maximum atomic E-state index is 13.5. The van der Waals surface area contributed by atoms with Gasteiger partial charge in [0.1, 0.15) is 11.4 Å². The molecule has 3 aromatic rings. The van der Waals surface area contributed by atoms with Crippen molar-refractivity contribution in [1.82, 2.24) is 4.90 Å². The van der Waals surface area contributed by atoms with E-state index in [1.807, 2.05) is 43.3 Å². The van der Waals surface area contributed by atoms with Crippen molar-refractivity contribution >= 4 is 23.1 Å². The fourth-order valence-corrected chi connectivity index (χ4v) is 3.86. The van der Waals surface area contributed by atoms with Crippen molar-refractivity contribution in [3.63, 3.8) is 0 Å². The van der Waals surface area contributed by atoms with E-state index in [9.17, 15) is 9.59 Å². The summed E-state index contributed by atoms with van der Waals surface area (Å²) in [7, 11) is 1.59. The minimum Gasteiger partial charge on any atom is -0.497 e. The van der Waals surface area contributed by atoms with Crippen molar-refractivity contribution in [3.8, 4) is 17.2 Å². The number of carbonyl (C=O) groups excluding carboxylic acids is 2. The van der Waals surface area contributed by atoms with Crippen LogP contribution in [0.5, 0.6) is 17.2 Å². The molecule has 2 aliphatic heterocycles. The molecule has 0 spiro atoms. The van der Waals surface area contributed by atoms with E-state index in [2.05, 4.69) is 5.32 Å². The number of amides is 2. The van der Waals surface area contributed by atoms with E-state index in [0.717, 1.165) is 11.1 Å². The lowest BCUT2D eigenvalue weighted by Gasteiger charge is -2.16. The summed E-state index contributed by atoms with van der Waals surface area (Å²) in [6, 6.07) is 20.2. The standard InChI is InChI=1S/C26H22N2O5/c1-16-3-7-18(8-4-16)23-24(27-19-9-12-21-22(13-19)33-15-32-21)26(30)28(25(23)29)14-17-5-10-20(31-2)11-6-17/h3-13,27H,14-15H2,1-2H3. The topological polar surface area (TPSA) is 77.1 Å². The molecule has 7 heteroatoms. The number of nitrogens with zero attached hydrogens (tertiary/aromatic N) is 1. The third kappa shape index (κ3) is 3.89. The lowest BCUT2D eigenvalue weighted by molar-refractivity contribution is -0.137. The molecule has 0 saturated carbocycles. The highest BCUT2D eigenvalue weighted by atomic mass is 16.7. The summed E-state index contributed by atoms with van der Waals surface area (Å²) in [4.78, 5) is 28.1. The summed E-state index contributed by atoms with van der Waals surface area (Å²) >= 11 is 0. The second-order valence-electron chi connectivity index (χ2n) is 7.85. The zero-order valence-electron chi connectivity index (χ0n) is 18.3. The van der Waals surface area contributed by atoms with E-state index in [1.165, 1.54) is 4.90 Å². The first-order valence-electron chi connectivity index (χ1n) is 10.5. The van der Waals surface area contributed by atoms with Crippen LogP contribution in [0.25, 0.3) is 5.57 Å². The molecule has 2 heterocycles. The molecule has 0 aromatic heterocycles. The number of methoxy groups -OCH3 is 1. The SMILES string of the molecule is COc1ccc(CN2C(=O)C(Nc3ccc4c(c3)OCO4)=C(c3ccc(C)cc3)C2=O)cc1.